The third kappa shape index (κ3) is 3.19. The average molecular weight is 239 g/mol. The summed E-state index contributed by atoms with van der Waals surface area (Å²) in [7, 11) is 0. The molecule has 0 aromatic heterocycles. The van der Waals surface area contributed by atoms with Gasteiger partial charge in [0.15, 0.2) is 0 Å². The van der Waals surface area contributed by atoms with Gasteiger partial charge in [-0.15, -0.1) is 0 Å². The summed E-state index contributed by atoms with van der Waals surface area (Å²) in [5.41, 5.74) is 5.87. The zero-order valence-electron chi connectivity index (χ0n) is 10.9. The molecule has 4 nitrogen and oxygen atoms in total. The van der Waals surface area contributed by atoms with Crippen molar-refractivity contribution in [1.29, 1.82) is 0 Å². The van der Waals surface area contributed by atoms with Gasteiger partial charge in [-0.2, -0.15) is 0 Å². The van der Waals surface area contributed by atoms with Crippen molar-refractivity contribution >= 4 is 5.91 Å². The first-order valence-electron chi connectivity index (χ1n) is 6.98. The quantitative estimate of drug-likeness (QED) is 0.793. The zero-order chi connectivity index (χ0) is 12.3. The molecule has 2 N–H and O–H groups in total. The molecule has 2 rings (SSSR count). The van der Waals surface area contributed by atoms with Gasteiger partial charge in [-0.1, -0.05) is 6.92 Å². The first kappa shape index (κ1) is 12.8. The summed E-state index contributed by atoms with van der Waals surface area (Å²) in [4.78, 5) is 16.6. The van der Waals surface area contributed by atoms with Gasteiger partial charge in [-0.25, -0.2) is 0 Å². The lowest BCUT2D eigenvalue weighted by atomic mass is 10.00. The standard InChI is InChI=1S/C13H25N3O/c1-2-12-5-3-4-7-16(12)13(17)10-15-8-6-11(14)9-15/h11-12H,2-10,14H2,1H3/t11-,12?/m0/s1. The van der Waals surface area contributed by atoms with E-state index in [9.17, 15) is 4.79 Å². The summed E-state index contributed by atoms with van der Waals surface area (Å²) in [6.45, 7) is 5.58. The highest BCUT2D eigenvalue weighted by molar-refractivity contribution is 5.78. The van der Waals surface area contributed by atoms with E-state index in [0.717, 1.165) is 32.5 Å². The predicted octanol–water partition coefficient (Wildman–Crippen LogP) is 0.811. The molecule has 17 heavy (non-hydrogen) atoms. The maximum absolute atomic E-state index is 12.3. The van der Waals surface area contributed by atoms with Crippen LogP contribution in [-0.2, 0) is 4.79 Å². The van der Waals surface area contributed by atoms with E-state index in [1.807, 2.05) is 0 Å². The first-order valence-corrected chi connectivity index (χ1v) is 6.98. The van der Waals surface area contributed by atoms with Gasteiger partial charge < -0.3 is 10.6 Å². The van der Waals surface area contributed by atoms with Gasteiger partial charge in [-0.3, -0.25) is 9.69 Å². The van der Waals surface area contributed by atoms with Crippen molar-refractivity contribution in [3.63, 3.8) is 0 Å². The van der Waals surface area contributed by atoms with Crippen LogP contribution in [0.4, 0.5) is 0 Å². The van der Waals surface area contributed by atoms with Crippen LogP contribution < -0.4 is 5.73 Å². The van der Waals surface area contributed by atoms with Crippen molar-refractivity contribution < 1.29 is 4.79 Å². The van der Waals surface area contributed by atoms with Crippen LogP contribution in [0.2, 0.25) is 0 Å². The van der Waals surface area contributed by atoms with Crippen molar-refractivity contribution in [1.82, 2.24) is 9.80 Å². The molecule has 0 bridgehead atoms. The summed E-state index contributed by atoms with van der Waals surface area (Å²) < 4.78 is 0. The Bertz CT molecular complexity index is 269. The highest BCUT2D eigenvalue weighted by atomic mass is 16.2. The van der Waals surface area contributed by atoms with Crippen LogP contribution in [0.1, 0.15) is 39.0 Å². The summed E-state index contributed by atoms with van der Waals surface area (Å²) >= 11 is 0. The van der Waals surface area contributed by atoms with Crippen LogP contribution in [0.5, 0.6) is 0 Å². The minimum absolute atomic E-state index is 0.270. The molecular weight excluding hydrogens is 214 g/mol. The van der Waals surface area contributed by atoms with E-state index in [2.05, 4.69) is 16.7 Å². The minimum atomic E-state index is 0.270. The third-order valence-electron chi connectivity index (χ3n) is 4.09. The van der Waals surface area contributed by atoms with E-state index in [4.69, 9.17) is 5.73 Å². The molecule has 2 aliphatic rings. The molecule has 0 aliphatic carbocycles. The Morgan fingerprint density at radius 2 is 2.12 bits per heavy atom. The highest BCUT2D eigenvalue weighted by Gasteiger charge is 2.28. The van der Waals surface area contributed by atoms with Crippen molar-refractivity contribution in [2.75, 3.05) is 26.2 Å². The number of carbonyl (C=O) groups is 1. The Labute approximate surface area is 104 Å². The third-order valence-corrected chi connectivity index (χ3v) is 4.09. The molecule has 1 unspecified atom stereocenters. The van der Waals surface area contributed by atoms with Crippen LogP contribution in [0.3, 0.4) is 0 Å². The number of carbonyl (C=O) groups excluding carboxylic acids is 1. The molecule has 2 fully saturated rings. The van der Waals surface area contributed by atoms with Gasteiger partial charge >= 0.3 is 0 Å². The number of amides is 1. The Morgan fingerprint density at radius 3 is 2.76 bits per heavy atom. The molecule has 0 aromatic carbocycles. The Kier molecular flexibility index (Phi) is 4.40. The van der Waals surface area contributed by atoms with E-state index in [0.29, 0.717) is 18.5 Å². The normalized spacial score (nSPS) is 30.8. The zero-order valence-corrected chi connectivity index (χ0v) is 10.9. The second-order valence-electron chi connectivity index (χ2n) is 5.43. The van der Waals surface area contributed by atoms with Crippen LogP contribution >= 0.6 is 0 Å². The van der Waals surface area contributed by atoms with Gasteiger partial charge in [-0.05, 0) is 32.1 Å². The first-order chi connectivity index (χ1) is 8.20. The fourth-order valence-electron chi connectivity index (χ4n) is 3.04. The van der Waals surface area contributed by atoms with Crippen LogP contribution in [0, 0.1) is 0 Å². The van der Waals surface area contributed by atoms with Gasteiger partial charge in [0, 0.05) is 31.7 Å². The van der Waals surface area contributed by atoms with E-state index < -0.39 is 0 Å². The predicted molar refractivity (Wildman–Crippen MR) is 68.7 cm³/mol. The number of hydrogen-bond donors (Lipinski definition) is 1. The molecule has 0 spiro atoms. The molecule has 0 aromatic rings. The molecule has 4 heteroatoms. The van der Waals surface area contributed by atoms with Crippen molar-refractivity contribution in [2.45, 2.75) is 51.1 Å². The monoisotopic (exact) mass is 239 g/mol. The number of nitrogens with two attached hydrogens (primary N) is 1. The van der Waals surface area contributed by atoms with Crippen LogP contribution in [-0.4, -0.2) is 54.0 Å². The van der Waals surface area contributed by atoms with Gasteiger partial charge in [0.05, 0.1) is 6.54 Å². The van der Waals surface area contributed by atoms with Gasteiger partial charge in [0.25, 0.3) is 0 Å². The van der Waals surface area contributed by atoms with Gasteiger partial charge in [0.2, 0.25) is 5.91 Å². The lowest BCUT2D eigenvalue weighted by Gasteiger charge is -2.36. The number of rotatable bonds is 3. The topological polar surface area (TPSA) is 49.6 Å². The van der Waals surface area contributed by atoms with E-state index in [1.165, 1.54) is 19.3 Å². The number of hydrogen-bond acceptors (Lipinski definition) is 3. The molecule has 98 valence electrons. The Balaban J connectivity index is 1.85. The molecule has 2 heterocycles. The minimum Gasteiger partial charge on any atom is -0.339 e. The maximum atomic E-state index is 12.3. The van der Waals surface area contributed by atoms with Gasteiger partial charge in [0.1, 0.15) is 0 Å². The average Bonchev–Trinajstić information content (AvgIpc) is 2.74. The van der Waals surface area contributed by atoms with Crippen molar-refractivity contribution in [2.24, 2.45) is 5.73 Å². The summed E-state index contributed by atoms with van der Waals surface area (Å²) in [6.07, 6.45) is 5.75. The lowest BCUT2D eigenvalue weighted by Crippen LogP contribution is -2.47. The lowest BCUT2D eigenvalue weighted by molar-refractivity contribution is -0.135. The fourth-order valence-corrected chi connectivity index (χ4v) is 3.04. The van der Waals surface area contributed by atoms with Crippen LogP contribution in [0.15, 0.2) is 0 Å². The Hall–Kier alpha value is -0.610. The number of piperidine rings is 1. The van der Waals surface area contributed by atoms with E-state index in [1.54, 1.807) is 0 Å². The fraction of sp³-hybridized carbons (Fsp3) is 0.923. The molecule has 0 saturated carbocycles. The molecule has 2 aliphatic heterocycles. The summed E-state index contributed by atoms with van der Waals surface area (Å²) in [5, 5.41) is 0. The van der Waals surface area contributed by atoms with Crippen molar-refractivity contribution in [3.05, 3.63) is 0 Å². The molecule has 2 atom stereocenters. The smallest absolute Gasteiger partial charge is 0.236 e. The molecule has 0 radical (unpaired) electrons. The second kappa shape index (κ2) is 5.83. The van der Waals surface area contributed by atoms with E-state index in [-0.39, 0.29) is 6.04 Å². The van der Waals surface area contributed by atoms with Crippen molar-refractivity contribution in [3.8, 4) is 0 Å². The maximum Gasteiger partial charge on any atom is 0.236 e. The highest BCUT2D eigenvalue weighted by Crippen LogP contribution is 2.20. The number of likely N-dealkylation sites (tertiary alicyclic amines) is 2. The Morgan fingerprint density at radius 1 is 1.29 bits per heavy atom. The molecule has 2 saturated heterocycles. The summed E-state index contributed by atoms with van der Waals surface area (Å²) in [5.74, 6) is 0.311. The second-order valence-corrected chi connectivity index (χ2v) is 5.43. The molecular formula is C13H25N3O. The number of nitrogens with zero attached hydrogens (tertiary/aromatic N) is 2. The SMILES string of the molecule is CCC1CCCCN1C(=O)CN1CC[C@H](N)C1. The largest absolute Gasteiger partial charge is 0.339 e. The molecule has 1 amide bonds. The van der Waals surface area contributed by atoms with Crippen LogP contribution in [0.25, 0.3) is 0 Å². The van der Waals surface area contributed by atoms with E-state index >= 15 is 0 Å². The summed E-state index contributed by atoms with van der Waals surface area (Å²) in [6, 6.07) is 0.749.